The summed E-state index contributed by atoms with van der Waals surface area (Å²) in [6.07, 6.45) is 0. The number of hydrogen-bond acceptors (Lipinski definition) is 3. The Labute approximate surface area is 148 Å². The van der Waals surface area contributed by atoms with Gasteiger partial charge in [-0.2, -0.15) is 0 Å². The molecule has 0 spiro atoms. The molecule has 3 N–H and O–H groups in total. The van der Waals surface area contributed by atoms with Crippen molar-refractivity contribution in [2.45, 2.75) is 32.9 Å². The summed E-state index contributed by atoms with van der Waals surface area (Å²) in [6.45, 7) is 6.55. The summed E-state index contributed by atoms with van der Waals surface area (Å²) in [5.41, 5.74) is 7.71. The average Bonchev–Trinajstić information content (AvgIpc) is 2.70. The van der Waals surface area contributed by atoms with Gasteiger partial charge in [0.15, 0.2) is 5.96 Å². The Balaban J connectivity index is 0.00000242. The number of nitrogens with two attached hydrogens (primary N) is 1. The first-order valence-corrected chi connectivity index (χ1v) is 6.87. The van der Waals surface area contributed by atoms with Gasteiger partial charge in [0, 0.05) is 18.7 Å². The van der Waals surface area contributed by atoms with Crippen LogP contribution in [0.5, 0.6) is 5.75 Å². The topological polar surface area (TPSA) is 77.5 Å². The second-order valence-corrected chi connectivity index (χ2v) is 6.02. The highest BCUT2D eigenvalue weighted by Gasteiger charge is 2.11. The third kappa shape index (κ3) is 4.49. The van der Waals surface area contributed by atoms with E-state index in [1.54, 1.807) is 7.11 Å². The second-order valence-electron chi connectivity index (χ2n) is 6.02. The lowest BCUT2D eigenvalue weighted by Gasteiger charge is -2.20. The third-order valence-electron chi connectivity index (χ3n) is 3.07. The van der Waals surface area contributed by atoms with E-state index in [1.165, 1.54) is 0 Å². The molecule has 1 aromatic carbocycles. The quantitative estimate of drug-likeness (QED) is 0.457. The van der Waals surface area contributed by atoms with E-state index in [0.717, 1.165) is 22.6 Å². The molecule has 0 aliphatic rings. The summed E-state index contributed by atoms with van der Waals surface area (Å²) in [5, 5.41) is 3.13. The van der Waals surface area contributed by atoms with Crippen LogP contribution >= 0.6 is 24.0 Å². The number of benzene rings is 1. The van der Waals surface area contributed by atoms with Gasteiger partial charge in [-0.3, -0.25) is 0 Å². The second kappa shape index (κ2) is 7.17. The number of halogens is 1. The Morgan fingerprint density at radius 2 is 2.09 bits per heavy atom. The highest BCUT2D eigenvalue weighted by Crippen LogP contribution is 2.21. The summed E-state index contributed by atoms with van der Waals surface area (Å²) < 4.78 is 7.23. The Hall–Kier alpha value is -1.51. The van der Waals surface area contributed by atoms with Crippen LogP contribution in [0.3, 0.4) is 0 Å². The smallest absolute Gasteiger partial charge is 0.189 e. The monoisotopic (exact) mass is 417 g/mol. The van der Waals surface area contributed by atoms with Gasteiger partial charge in [0.1, 0.15) is 18.1 Å². The Kier molecular flexibility index (Phi) is 6.04. The van der Waals surface area contributed by atoms with Crippen molar-refractivity contribution in [2.24, 2.45) is 17.8 Å². The maximum absolute atomic E-state index is 5.88. The predicted octanol–water partition coefficient (Wildman–Crippen LogP) is 2.40. The molecule has 7 heteroatoms. The van der Waals surface area contributed by atoms with Crippen LogP contribution in [-0.2, 0) is 13.6 Å². The van der Waals surface area contributed by atoms with Crippen LogP contribution in [0.15, 0.2) is 23.2 Å². The highest BCUT2D eigenvalue weighted by molar-refractivity contribution is 14.0. The fourth-order valence-corrected chi connectivity index (χ4v) is 2.08. The van der Waals surface area contributed by atoms with Crippen molar-refractivity contribution in [3.63, 3.8) is 0 Å². The number of aryl methyl sites for hydroxylation is 1. The van der Waals surface area contributed by atoms with Crippen molar-refractivity contribution in [3.8, 4) is 5.75 Å². The van der Waals surface area contributed by atoms with E-state index in [1.807, 2.05) is 50.6 Å². The van der Waals surface area contributed by atoms with Crippen molar-refractivity contribution < 1.29 is 4.74 Å². The molecular formula is C15H24IN5O. The molecule has 0 radical (unpaired) electrons. The number of nitrogens with zero attached hydrogens (tertiary/aromatic N) is 3. The van der Waals surface area contributed by atoms with Crippen molar-refractivity contribution in [3.05, 3.63) is 24.0 Å². The molecule has 0 fully saturated rings. The molecular weight excluding hydrogens is 393 g/mol. The van der Waals surface area contributed by atoms with Crippen molar-refractivity contribution in [2.75, 3.05) is 7.11 Å². The summed E-state index contributed by atoms with van der Waals surface area (Å²) in [5.74, 6) is 2.08. The van der Waals surface area contributed by atoms with Crippen molar-refractivity contribution in [1.29, 1.82) is 0 Å². The molecule has 122 valence electrons. The molecule has 0 amide bonds. The number of rotatable bonds is 3. The summed E-state index contributed by atoms with van der Waals surface area (Å²) in [7, 11) is 3.62. The number of methoxy groups -OCH3 is 1. The zero-order chi connectivity index (χ0) is 15.6. The van der Waals surface area contributed by atoms with Gasteiger partial charge in [-0.25, -0.2) is 9.98 Å². The highest BCUT2D eigenvalue weighted by atomic mass is 127. The zero-order valence-electron chi connectivity index (χ0n) is 13.7. The Bertz CT molecular complexity index is 672. The molecule has 0 aliphatic carbocycles. The van der Waals surface area contributed by atoms with Crippen LogP contribution in [0.4, 0.5) is 0 Å². The standard InChI is InChI=1S/C15H23N5O.HI/c1-15(2,3)19-14(16)17-9-13-18-11-8-10(21-5)6-7-12(11)20(13)4;/h6-8H,9H2,1-5H3,(H3,16,17,19);1H. The van der Waals surface area contributed by atoms with Crippen LogP contribution in [0.25, 0.3) is 11.0 Å². The summed E-state index contributed by atoms with van der Waals surface area (Å²) >= 11 is 0. The van der Waals surface area contributed by atoms with E-state index in [2.05, 4.69) is 15.3 Å². The van der Waals surface area contributed by atoms with E-state index in [0.29, 0.717) is 12.5 Å². The lowest BCUT2D eigenvalue weighted by atomic mass is 10.1. The van der Waals surface area contributed by atoms with Crippen LogP contribution in [-0.4, -0.2) is 28.2 Å². The first-order chi connectivity index (χ1) is 9.80. The average molecular weight is 417 g/mol. The molecule has 0 unspecified atom stereocenters. The molecule has 6 nitrogen and oxygen atoms in total. The van der Waals surface area contributed by atoms with Gasteiger partial charge in [0.2, 0.25) is 0 Å². The van der Waals surface area contributed by atoms with Crippen LogP contribution < -0.4 is 15.8 Å². The molecule has 2 rings (SSSR count). The lowest BCUT2D eigenvalue weighted by molar-refractivity contribution is 0.415. The van der Waals surface area contributed by atoms with Gasteiger partial charge in [-0.15, -0.1) is 24.0 Å². The first kappa shape index (κ1) is 18.5. The van der Waals surface area contributed by atoms with Crippen LogP contribution in [0, 0.1) is 0 Å². The summed E-state index contributed by atoms with van der Waals surface area (Å²) in [4.78, 5) is 8.93. The first-order valence-electron chi connectivity index (χ1n) is 6.87. The van der Waals surface area contributed by atoms with Gasteiger partial charge < -0.3 is 20.4 Å². The van der Waals surface area contributed by atoms with Crippen molar-refractivity contribution in [1.82, 2.24) is 14.9 Å². The molecule has 0 atom stereocenters. The predicted molar refractivity (Wildman–Crippen MR) is 101 cm³/mol. The third-order valence-corrected chi connectivity index (χ3v) is 3.07. The van der Waals surface area contributed by atoms with E-state index < -0.39 is 0 Å². The minimum atomic E-state index is -0.104. The number of hydrogen-bond donors (Lipinski definition) is 2. The Morgan fingerprint density at radius 1 is 1.41 bits per heavy atom. The molecule has 0 bridgehead atoms. The summed E-state index contributed by atoms with van der Waals surface area (Å²) in [6, 6.07) is 5.83. The largest absolute Gasteiger partial charge is 0.497 e. The SMILES string of the molecule is COc1ccc2c(c1)nc(CN=C(N)NC(C)(C)C)n2C.I. The molecule has 0 saturated carbocycles. The number of aliphatic imine (C=N–C) groups is 1. The lowest BCUT2D eigenvalue weighted by Crippen LogP contribution is -2.45. The minimum absolute atomic E-state index is 0. The molecule has 0 saturated heterocycles. The van der Waals surface area contributed by atoms with E-state index in [4.69, 9.17) is 10.5 Å². The molecule has 2 aromatic rings. The van der Waals surface area contributed by atoms with Crippen LogP contribution in [0.2, 0.25) is 0 Å². The molecule has 0 aliphatic heterocycles. The fourth-order valence-electron chi connectivity index (χ4n) is 2.08. The number of nitrogens with one attached hydrogen (secondary N) is 1. The maximum Gasteiger partial charge on any atom is 0.189 e. The van der Waals surface area contributed by atoms with E-state index in [-0.39, 0.29) is 29.5 Å². The number of fused-ring (bicyclic) bond motifs is 1. The molecule has 1 heterocycles. The number of ether oxygens (including phenoxy) is 1. The van der Waals surface area contributed by atoms with Gasteiger partial charge in [-0.05, 0) is 32.9 Å². The fraction of sp³-hybridized carbons (Fsp3) is 0.467. The molecule has 1 aromatic heterocycles. The van der Waals surface area contributed by atoms with Crippen molar-refractivity contribution >= 4 is 41.0 Å². The van der Waals surface area contributed by atoms with E-state index in [9.17, 15) is 0 Å². The zero-order valence-corrected chi connectivity index (χ0v) is 16.0. The van der Waals surface area contributed by atoms with Crippen LogP contribution in [0.1, 0.15) is 26.6 Å². The van der Waals surface area contributed by atoms with Gasteiger partial charge in [0.25, 0.3) is 0 Å². The number of guanidine groups is 1. The van der Waals surface area contributed by atoms with E-state index >= 15 is 0 Å². The van der Waals surface area contributed by atoms with Gasteiger partial charge in [-0.1, -0.05) is 0 Å². The Morgan fingerprint density at radius 3 is 2.68 bits per heavy atom. The minimum Gasteiger partial charge on any atom is -0.497 e. The van der Waals surface area contributed by atoms with Gasteiger partial charge in [0.05, 0.1) is 18.1 Å². The van der Waals surface area contributed by atoms with Gasteiger partial charge >= 0.3 is 0 Å². The molecule has 22 heavy (non-hydrogen) atoms. The number of aromatic nitrogens is 2. The number of imidazole rings is 1. The maximum atomic E-state index is 5.88. The normalized spacial score (nSPS) is 12.1.